The number of hydrogen-bond donors (Lipinski definition) is 2. The Hall–Kier alpha value is -3.61. The molecule has 0 spiro atoms. The van der Waals surface area contributed by atoms with Crippen molar-refractivity contribution in [3.05, 3.63) is 82.7 Å². The minimum Gasteiger partial charge on any atom is -0.352 e. The monoisotopic (exact) mass is 430 g/mol. The van der Waals surface area contributed by atoms with Crippen molar-refractivity contribution in [2.24, 2.45) is 4.99 Å². The summed E-state index contributed by atoms with van der Waals surface area (Å²) in [6.07, 6.45) is 0.901. The summed E-state index contributed by atoms with van der Waals surface area (Å²) in [7, 11) is 1.71. The highest BCUT2D eigenvalue weighted by Crippen LogP contribution is 2.19. The number of rotatable bonds is 5. The predicted octanol–water partition coefficient (Wildman–Crippen LogP) is 2.74. The van der Waals surface area contributed by atoms with Gasteiger partial charge in [0.1, 0.15) is 0 Å². The first kappa shape index (κ1) is 21.6. The number of aryl methyl sites for hydroxylation is 2. The third-order valence-electron chi connectivity index (χ3n) is 5.79. The summed E-state index contributed by atoms with van der Waals surface area (Å²) >= 11 is 0. The van der Waals surface area contributed by atoms with Crippen LogP contribution in [-0.2, 0) is 24.3 Å². The molecule has 0 fully saturated rings. The molecular weight excluding hydrogens is 400 g/mol. The number of nitrogens with one attached hydrogen (secondary N) is 2. The van der Waals surface area contributed by atoms with Gasteiger partial charge in [0.05, 0.1) is 17.9 Å². The fourth-order valence-electron chi connectivity index (χ4n) is 4.12. The molecule has 3 aromatic rings. The van der Waals surface area contributed by atoms with Gasteiger partial charge >= 0.3 is 0 Å². The Morgan fingerprint density at radius 1 is 1.06 bits per heavy atom. The minimum atomic E-state index is 0.0745. The zero-order valence-corrected chi connectivity index (χ0v) is 18.9. The summed E-state index contributed by atoms with van der Waals surface area (Å²) in [6.45, 7) is 6.24. The van der Waals surface area contributed by atoms with E-state index in [1.54, 1.807) is 7.05 Å². The van der Waals surface area contributed by atoms with E-state index in [1.165, 1.54) is 11.1 Å². The molecule has 0 bridgehead atoms. The van der Waals surface area contributed by atoms with Crippen molar-refractivity contribution >= 4 is 11.9 Å². The Morgan fingerprint density at radius 3 is 2.56 bits per heavy atom. The Morgan fingerprint density at radius 2 is 1.81 bits per heavy atom. The molecule has 2 N–H and O–H groups in total. The fraction of sp³-hybridized carbons (Fsp3) is 0.320. The number of nitrogens with zero attached hydrogens (tertiary/aromatic N) is 4. The standard InChI is InChI=1S/C25H30N6O/c1-18-14-19(2)31(29-18)23-11-7-6-9-21(23)15-27-25(26-3)28-16-24(32)30-13-12-20-8-4-5-10-22(20)17-30/h4-11,14H,12-13,15-17H2,1-3H3,(H2,26,27,28). The predicted molar refractivity (Wildman–Crippen MR) is 127 cm³/mol. The van der Waals surface area contributed by atoms with E-state index in [2.05, 4.69) is 64.0 Å². The van der Waals surface area contributed by atoms with Gasteiger partial charge in [0.2, 0.25) is 5.91 Å². The lowest BCUT2D eigenvalue weighted by atomic mass is 10.00. The molecule has 0 radical (unpaired) electrons. The number of hydrogen-bond acceptors (Lipinski definition) is 3. The van der Waals surface area contributed by atoms with Gasteiger partial charge in [0, 0.05) is 32.4 Å². The summed E-state index contributed by atoms with van der Waals surface area (Å²) < 4.78 is 1.96. The van der Waals surface area contributed by atoms with E-state index in [4.69, 9.17) is 0 Å². The molecule has 0 aliphatic carbocycles. The second-order valence-electron chi connectivity index (χ2n) is 8.08. The fourth-order valence-corrected chi connectivity index (χ4v) is 4.12. The van der Waals surface area contributed by atoms with E-state index in [9.17, 15) is 4.79 Å². The molecule has 32 heavy (non-hydrogen) atoms. The number of aromatic nitrogens is 2. The molecule has 166 valence electrons. The van der Waals surface area contributed by atoms with E-state index < -0.39 is 0 Å². The number of carbonyl (C=O) groups excluding carboxylic acids is 1. The van der Waals surface area contributed by atoms with Gasteiger partial charge in [-0.2, -0.15) is 5.10 Å². The van der Waals surface area contributed by atoms with Crippen molar-refractivity contribution in [3.8, 4) is 5.69 Å². The Bertz CT molecular complexity index is 1130. The highest BCUT2D eigenvalue weighted by molar-refractivity contribution is 5.86. The van der Waals surface area contributed by atoms with Crippen LogP contribution in [0.4, 0.5) is 0 Å². The number of para-hydroxylation sites is 1. The average molecular weight is 431 g/mol. The average Bonchev–Trinajstić information content (AvgIpc) is 3.16. The molecule has 1 aliphatic rings. The lowest BCUT2D eigenvalue weighted by Gasteiger charge is -2.29. The first-order valence-corrected chi connectivity index (χ1v) is 11.0. The molecule has 1 aliphatic heterocycles. The highest BCUT2D eigenvalue weighted by atomic mass is 16.2. The van der Waals surface area contributed by atoms with Crippen LogP contribution in [0.3, 0.4) is 0 Å². The number of carbonyl (C=O) groups is 1. The molecule has 7 nitrogen and oxygen atoms in total. The molecule has 0 unspecified atom stereocenters. The van der Waals surface area contributed by atoms with Crippen LogP contribution >= 0.6 is 0 Å². The molecule has 1 aromatic heterocycles. The number of amides is 1. The second-order valence-corrected chi connectivity index (χ2v) is 8.08. The molecule has 0 saturated heterocycles. The van der Waals surface area contributed by atoms with Crippen LogP contribution in [0.5, 0.6) is 0 Å². The molecule has 2 heterocycles. The molecule has 2 aromatic carbocycles. The van der Waals surface area contributed by atoms with Crippen molar-refractivity contribution in [2.75, 3.05) is 20.1 Å². The van der Waals surface area contributed by atoms with Gasteiger partial charge < -0.3 is 15.5 Å². The van der Waals surface area contributed by atoms with Gasteiger partial charge in [-0.1, -0.05) is 42.5 Å². The maximum Gasteiger partial charge on any atom is 0.242 e. The minimum absolute atomic E-state index is 0.0745. The van der Waals surface area contributed by atoms with Crippen LogP contribution in [0.1, 0.15) is 28.1 Å². The van der Waals surface area contributed by atoms with Crippen molar-refractivity contribution in [3.63, 3.8) is 0 Å². The maximum absolute atomic E-state index is 12.8. The number of guanidine groups is 1. The van der Waals surface area contributed by atoms with Gasteiger partial charge in [0.15, 0.2) is 5.96 Å². The third kappa shape index (κ3) is 4.82. The van der Waals surface area contributed by atoms with Gasteiger partial charge in [-0.15, -0.1) is 0 Å². The smallest absolute Gasteiger partial charge is 0.242 e. The van der Waals surface area contributed by atoms with Crippen LogP contribution in [0, 0.1) is 13.8 Å². The van der Waals surface area contributed by atoms with E-state index in [1.807, 2.05) is 34.7 Å². The summed E-state index contributed by atoms with van der Waals surface area (Å²) in [5.74, 6) is 0.671. The van der Waals surface area contributed by atoms with Crippen LogP contribution in [0.15, 0.2) is 59.6 Å². The number of aliphatic imine (C=N–C) groups is 1. The number of fused-ring (bicyclic) bond motifs is 1. The van der Waals surface area contributed by atoms with Crippen LogP contribution in [0.2, 0.25) is 0 Å². The zero-order chi connectivity index (χ0) is 22.5. The topological polar surface area (TPSA) is 74.6 Å². The lowest BCUT2D eigenvalue weighted by Crippen LogP contribution is -2.45. The molecule has 1 amide bonds. The van der Waals surface area contributed by atoms with Gasteiger partial charge in [-0.05, 0) is 49.1 Å². The maximum atomic E-state index is 12.8. The molecule has 0 atom stereocenters. The van der Waals surface area contributed by atoms with E-state index in [-0.39, 0.29) is 12.5 Å². The Kier molecular flexibility index (Phi) is 6.54. The largest absolute Gasteiger partial charge is 0.352 e. The summed E-state index contributed by atoms with van der Waals surface area (Å²) in [4.78, 5) is 18.9. The normalized spacial score (nSPS) is 13.6. The van der Waals surface area contributed by atoms with Gasteiger partial charge in [-0.3, -0.25) is 9.79 Å². The molecule has 4 rings (SSSR count). The highest BCUT2D eigenvalue weighted by Gasteiger charge is 2.20. The summed E-state index contributed by atoms with van der Waals surface area (Å²) in [5, 5.41) is 11.1. The molecule has 7 heteroatoms. The quantitative estimate of drug-likeness (QED) is 0.482. The van der Waals surface area contributed by atoms with Crippen molar-refractivity contribution in [1.82, 2.24) is 25.3 Å². The summed E-state index contributed by atoms with van der Waals surface area (Å²) in [6, 6.07) is 18.6. The van der Waals surface area contributed by atoms with Gasteiger partial charge in [0.25, 0.3) is 0 Å². The first-order valence-electron chi connectivity index (χ1n) is 11.0. The summed E-state index contributed by atoms with van der Waals surface area (Å²) in [5.41, 5.74) is 6.77. The van der Waals surface area contributed by atoms with Gasteiger partial charge in [-0.25, -0.2) is 4.68 Å². The first-order chi connectivity index (χ1) is 15.5. The van der Waals surface area contributed by atoms with E-state index >= 15 is 0 Å². The SMILES string of the molecule is CN=C(NCC(=O)N1CCc2ccccc2C1)NCc1ccccc1-n1nc(C)cc1C. The van der Waals surface area contributed by atoms with Crippen LogP contribution in [-0.4, -0.2) is 46.7 Å². The van der Waals surface area contributed by atoms with E-state index in [0.29, 0.717) is 19.0 Å². The van der Waals surface area contributed by atoms with E-state index in [0.717, 1.165) is 35.6 Å². The second kappa shape index (κ2) is 9.68. The molecule has 0 saturated carbocycles. The Labute approximate surface area is 189 Å². The zero-order valence-electron chi connectivity index (χ0n) is 18.9. The molecular formula is C25H30N6O. The van der Waals surface area contributed by atoms with Crippen LogP contribution in [0.25, 0.3) is 5.69 Å². The van der Waals surface area contributed by atoms with Crippen molar-refractivity contribution in [1.29, 1.82) is 0 Å². The lowest BCUT2D eigenvalue weighted by molar-refractivity contribution is -0.130. The Balaban J connectivity index is 1.35. The van der Waals surface area contributed by atoms with Crippen molar-refractivity contribution in [2.45, 2.75) is 33.4 Å². The third-order valence-corrected chi connectivity index (χ3v) is 5.79. The number of benzene rings is 2. The van der Waals surface area contributed by atoms with Crippen molar-refractivity contribution < 1.29 is 4.79 Å². The van der Waals surface area contributed by atoms with Crippen LogP contribution < -0.4 is 10.6 Å².